The quantitative estimate of drug-likeness (QED) is 0.858. The highest BCUT2D eigenvalue weighted by Gasteiger charge is 2.21. The lowest BCUT2D eigenvalue weighted by molar-refractivity contribution is 0.541. The van der Waals surface area contributed by atoms with Gasteiger partial charge < -0.3 is 10.2 Å². The lowest BCUT2D eigenvalue weighted by atomic mass is 10.1. The molecule has 0 aromatic carbocycles. The third kappa shape index (κ3) is 4.70. The number of hydrogen-bond donors (Lipinski definition) is 1. The van der Waals surface area contributed by atoms with Crippen LogP contribution >= 0.6 is 0 Å². The van der Waals surface area contributed by atoms with Gasteiger partial charge in [0.15, 0.2) is 0 Å². The number of nitrogens with zero attached hydrogens (tertiary/aromatic N) is 2. The van der Waals surface area contributed by atoms with Crippen molar-refractivity contribution in [3.63, 3.8) is 0 Å². The summed E-state index contributed by atoms with van der Waals surface area (Å²) in [4.78, 5) is 6.99. The highest BCUT2D eigenvalue weighted by molar-refractivity contribution is 5.53. The smallest absolute Gasteiger partial charge is 0.0445 e. The van der Waals surface area contributed by atoms with Crippen LogP contribution < -0.4 is 10.2 Å². The standard InChI is InChI=1S/C18H31N3/c1-4-17-8-6-5-7-11-21(17)18-9-10-19-13-16(18)14-20-12-15(2)3/h9-10,13,15,17,20H,4-8,11-12,14H2,1-3H3. The average Bonchev–Trinajstić information content (AvgIpc) is 2.72. The molecule has 1 atom stereocenters. The van der Waals surface area contributed by atoms with Crippen molar-refractivity contribution in [2.45, 2.75) is 65.5 Å². The second-order valence-electron chi connectivity index (χ2n) is 6.63. The van der Waals surface area contributed by atoms with E-state index in [1.807, 2.05) is 12.4 Å². The largest absolute Gasteiger partial charge is 0.368 e. The molecule has 1 aliphatic heterocycles. The number of pyridine rings is 1. The van der Waals surface area contributed by atoms with Gasteiger partial charge in [0.05, 0.1) is 0 Å². The Morgan fingerprint density at radius 2 is 2.19 bits per heavy atom. The van der Waals surface area contributed by atoms with E-state index in [1.54, 1.807) is 0 Å². The summed E-state index contributed by atoms with van der Waals surface area (Å²) in [5, 5.41) is 3.56. The van der Waals surface area contributed by atoms with E-state index < -0.39 is 0 Å². The van der Waals surface area contributed by atoms with Crippen molar-refractivity contribution in [2.24, 2.45) is 5.92 Å². The summed E-state index contributed by atoms with van der Waals surface area (Å²) in [5.74, 6) is 0.687. The number of anilines is 1. The van der Waals surface area contributed by atoms with Gasteiger partial charge in [0.1, 0.15) is 0 Å². The Kier molecular flexibility index (Phi) is 6.50. The summed E-state index contributed by atoms with van der Waals surface area (Å²) in [6.45, 7) is 10.00. The predicted molar refractivity (Wildman–Crippen MR) is 90.7 cm³/mol. The third-order valence-corrected chi connectivity index (χ3v) is 4.40. The number of nitrogens with one attached hydrogen (secondary N) is 1. The first-order chi connectivity index (χ1) is 10.2. The van der Waals surface area contributed by atoms with Gasteiger partial charge in [0.2, 0.25) is 0 Å². The van der Waals surface area contributed by atoms with Crippen LogP contribution in [0.4, 0.5) is 5.69 Å². The van der Waals surface area contributed by atoms with Crippen LogP contribution in [0, 0.1) is 5.92 Å². The second-order valence-corrected chi connectivity index (χ2v) is 6.63. The highest BCUT2D eigenvalue weighted by atomic mass is 15.2. The molecular formula is C18H31N3. The zero-order chi connectivity index (χ0) is 15.1. The minimum atomic E-state index is 0.687. The van der Waals surface area contributed by atoms with Crippen LogP contribution in [0.1, 0.15) is 58.4 Å². The molecule has 21 heavy (non-hydrogen) atoms. The van der Waals surface area contributed by atoms with Gasteiger partial charge >= 0.3 is 0 Å². The van der Waals surface area contributed by atoms with Crippen molar-refractivity contribution in [3.05, 3.63) is 24.0 Å². The summed E-state index contributed by atoms with van der Waals surface area (Å²) >= 11 is 0. The molecule has 3 nitrogen and oxygen atoms in total. The molecule has 1 fully saturated rings. The van der Waals surface area contributed by atoms with Crippen molar-refractivity contribution in [1.29, 1.82) is 0 Å². The predicted octanol–water partition coefficient (Wildman–Crippen LogP) is 3.99. The van der Waals surface area contributed by atoms with Crippen LogP contribution in [0.3, 0.4) is 0 Å². The topological polar surface area (TPSA) is 28.2 Å². The van der Waals surface area contributed by atoms with E-state index in [-0.39, 0.29) is 0 Å². The van der Waals surface area contributed by atoms with Crippen LogP contribution in [0.2, 0.25) is 0 Å². The molecule has 1 unspecified atom stereocenters. The fourth-order valence-electron chi connectivity index (χ4n) is 3.25. The first kappa shape index (κ1) is 16.3. The Labute approximate surface area is 130 Å². The zero-order valence-electron chi connectivity index (χ0n) is 13.9. The molecule has 1 aromatic heterocycles. The molecule has 0 spiro atoms. The maximum Gasteiger partial charge on any atom is 0.0445 e. The van der Waals surface area contributed by atoms with E-state index in [4.69, 9.17) is 0 Å². The SMILES string of the molecule is CCC1CCCCCN1c1ccncc1CNCC(C)C. The molecule has 0 radical (unpaired) electrons. The van der Waals surface area contributed by atoms with Crippen LogP contribution in [0.25, 0.3) is 0 Å². The lowest BCUT2D eigenvalue weighted by Crippen LogP contribution is -2.35. The molecule has 0 aliphatic carbocycles. The van der Waals surface area contributed by atoms with Gasteiger partial charge in [-0.2, -0.15) is 0 Å². The summed E-state index contributed by atoms with van der Waals surface area (Å²) in [7, 11) is 0. The van der Waals surface area contributed by atoms with Crippen LogP contribution in [0.15, 0.2) is 18.5 Å². The summed E-state index contributed by atoms with van der Waals surface area (Å²) < 4.78 is 0. The Bertz CT molecular complexity index is 417. The van der Waals surface area contributed by atoms with Gasteiger partial charge in [-0.1, -0.05) is 33.6 Å². The molecule has 118 valence electrons. The van der Waals surface area contributed by atoms with Crippen LogP contribution in [-0.4, -0.2) is 24.1 Å². The fraction of sp³-hybridized carbons (Fsp3) is 0.722. The van der Waals surface area contributed by atoms with Gasteiger partial charge in [-0.25, -0.2) is 0 Å². The Hall–Kier alpha value is -1.09. The van der Waals surface area contributed by atoms with Crippen molar-refractivity contribution in [1.82, 2.24) is 10.3 Å². The van der Waals surface area contributed by atoms with Crippen molar-refractivity contribution in [2.75, 3.05) is 18.0 Å². The summed E-state index contributed by atoms with van der Waals surface area (Å²) in [5.41, 5.74) is 2.74. The molecule has 1 aliphatic rings. The first-order valence-electron chi connectivity index (χ1n) is 8.62. The number of rotatable bonds is 6. The Morgan fingerprint density at radius 3 is 2.95 bits per heavy atom. The Morgan fingerprint density at radius 1 is 1.33 bits per heavy atom. The van der Waals surface area contributed by atoms with Gasteiger partial charge in [-0.15, -0.1) is 0 Å². The number of hydrogen-bond acceptors (Lipinski definition) is 3. The first-order valence-corrected chi connectivity index (χ1v) is 8.62. The molecule has 1 saturated heterocycles. The molecular weight excluding hydrogens is 258 g/mol. The van der Waals surface area contributed by atoms with Gasteiger partial charge in [0.25, 0.3) is 0 Å². The van der Waals surface area contributed by atoms with E-state index in [1.165, 1.54) is 49.9 Å². The molecule has 0 bridgehead atoms. The van der Waals surface area contributed by atoms with Crippen LogP contribution in [0.5, 0.6) is 0 Å². The minimum absolute atomic E-state index is 0.687. The fourth-order valence-corrected chi connectivity index (χ4v) is 3.25. The lowest BCUT2D eigenvalue weighted by Gasteiger charge is -2.33. The molecule has 0 saturated carbocycles. The summed E-state index contributed by atoms with van der Waals surface area (Å²) in [6, 6.07) is 2.90. The van der Waals surface area contributed by atoms with Gasteiger partial charge in [-0.05, 0) is 37.8 Å². The molecule has 1 aromatic rings. The second kappa shape index (κ2) is 8.38. The van der Waals surface area contributed by atoms with Gasteiger partial charge in [-0.3, -0.25) is 4.98 Å². The zero-order valence-corrected chi connectivity index (χ0v) is 13.9. The van der Waals surface area contributed by atoms with E-state index >= 15 is 0 Å². The van der Waals surface area contributed by atoms with E-state index in [0.29, 0.717) is 12.0 Å². The van der Waals surface area contributed by atoms with Crippen LogP contribution in [-0.2, 0) is 6.54 Å². The van der Waals surface area contributed by atoms with Crippen molar-refractivity contribution >= 4 is 5.69 Å². The van der Waals surface area contributed by atoms with Crippen molar-refractivity contribution < 1.29 is 0 Å². The van der Waals surface area contributed by atoms with E-state index in [9.17, 15) is 0 Å². The minimum Gasteiger partial charge on any atom is -0.368 e. The average molecular weight is 289 g/mol. The summed E-state index contributed by atoms with van der Waals surface area (Å²) in [6.07, 6.45) is 10.6. The monoisotopic (exact) mass is 289 g/mol. The third-order valence-electron chi connectivity index (χ3n) is 4.40. The Balaban J connectivity index is 2.12. The van der Waals surface area contributed by atoms with Crippen molar-refractivity contribution in [3.8, 4) is 0 Å². The molecule has 2 rings (SSSR count). The van der Waals surface area contributed by atoms with E-state index in [2.05, 4.69) is 42.0 Å². The van der Waals surface area contributed by atoms with E-state index in [0.717, 1.165) is 13.1 Å². The maximum absolute atomic E-state index is 4.35. The van der Waals surface area contributed by atoms with Gasteiger partial charge in [0, 0.05) is 42.8 Å². The normalized spacial score (nSPS) is 19.8. The molecule has 0 amide bonds. The highest BCUT2D eigenvalue weighted by Crippen LogP contribution is 2.28. The number of aromatic nitrogens is 1. The molecule has 2 heterocycles. The maximum atomic E-state index is 4.35. The molecule has 3 heteroatoms. The molecule has 1 N–H and O–H groups in total.